The van der Waals surface area contributed by atoms with E-state index in [-0.39, 0.29) is 17.2 Å². The molecule has 20 heavy (non-hydrogen) atoms. The smallest absolute Gasteiger partial charge is 0.335 e. The van der Waals surface area contributed by atoms with Crippen LogP contribution in [0.25, 0.3) is 0 Å². The molecule has 1 amide bonds. The highest BCUT2D eigenvalue weighted by Gasteiger charge is 2.10. The lowest BCUT2D eigenvalue weighted by Crippen LogP contribution is -2.13. The Labute approximate surface area is 116 Å². The average molecular weight is 270 g/mol. The maximum Gasteiger partial charge on any atom is 0.335 e. The molecule has 0 aliphatic heterocycles. The Morgan fingerprint density at radius 2 is 1.65 bits per heavy atom. The molecule has 2 aromatic carbocycles. The summed E-state index contributed by atoms with van der Waals surface area (Å²) in [4.78, 5) is 22.8. The van der Waals surface area contributed by atoms with Crippen molar-refractivity contribution < 1.29 is 14.7 Å². The van der Waals surface area contributed by atoms with E-state index in [1.807, 2.05) is 19.1 Å². The molecule has 0 saturated carbocycles. The minimum Gasteiger partial charge on any atom is -0.478 e. The molecule has 0 unspecified atom stereocenters. The highest BCUT2D eigenvalue weighted by atomic mass is 16.4. The number of amides is 1. The van der Waals surface area contributed by atoms with Gasteiger partial charge in [0.15, 0.2) is 0 Å². The Bertz CT molecular complexity index is 663. The second kappa shape index (κ2) is 5.44. The van der Waals surface area contributed by atoms with Crippen molar-refractivity contribution in [3.63, 3.8) is 0 Å². The number of nitrogens with one attached hydrogen (secondary N) is 1. The Balaban J connectivity index is 2.19. The summed E-state index contributed by atoms with van der Waals surface area (Å²) in [5.41, 5.74) is 7.99. The quantitative estimate of drug-likeness (QED) is 0.747. The van der Waals surface area contributed by atoms with Gasteiger partial charge in [0.1, 0.15) is 0 Å². The fourth-order valence-electron chi connectivity index (χ4n) is 1.71. The van der Waals surface area contributed by atoms with Crippen LogP contribution < -0.4 is 11.1 Å². The largest absolute Gasteiger partial charge is 0.478 e. The van der Waals surface area contributed by atoms with E-state index in [1.165, 1.54) is 18.2 Å². The van der Waals surface area contributed by atoms with Gasteiger partial charge in [-0.25, -0.2) is 4.79 Å². The monoisotopic (exact) mass is 270 g/mol. The number of anilines is 2. The van der Waals surface area contributed by atoms with Gasteiger partial charge in [-0.15, -0.1) is 0 Å². The van der Waals surface area contributed by atoms with Crippen molar-refractivity contribution in [1.29, 1.82) is 0 Å². The van der Waals surface area contributed by atoms with Crippen LogP contribution in [0.2, 0.25) is 0 Å². The highest BCUT2D eigenvalue weighted by molar-refractivity contribution is 6.06. The lowest BCUT2D eigenvalue weighted by Gasteiger charge is -2.09. The van der Waals surface area contributed by atoms with E-state index in [4.69, 9.17) is 10.8 Å². The molecule has 5 nitrogen and oxygen atoms in total. The maximum absolute atomic E-state index is 12.0. The van der Waals surface area contributed by atoms with Gasteiger partial charge in [-0.05, 0) is 37.3 Å². The molecule has 5 heteroatoms. The summed E-state index contributed by atoms with van der Waals surface area (Å²) >= 11 is 0. The molecule has 0 saturated heterocycles. The fraction of sp³-hybridized carbons (Fsp3) is 0.0667. The van der Waals surface area contributed by atoms with E-state index in [1.54, 1.807) is 12.1 Å². The van der Waals surface area contributed by atoms with Crippen LogP contribution in [-0.4, -0.2) is 17.0 Å². The van der Waals surface area contributed by atoms with Gasteiger partial charge in [-0.1, -0.05) is 17.7 Å². The van der Waals surface area contributed by atoms with E-state index >= 15 is 0 Å². The van der Waals surface area contributed by atoms with Crippen molar-refractivity contribution in [1.82, 2.24) is 0 Å². The topological polar surface area (TPSA) is 92.4 Å². The van der Waals surface area contributed by atoms with Crippen molar-refractivity contribution in [2.45, 2.75) is 6.92 Å². The van der Waals surface area contributed by atoms with Crippen LogP contribution in [0.3, 0.4) is 0 Å². The van der Waals surface area contributed by atoms with E-state index in [0.29, 0.717) is 11.3 Å². The normalized spacial score (nSPS) is 10.1. The number of hydrogen-bond acceptors (Lipinski definition) is 3. The molecule has 0 aliphatic rings. The summed E-state index contributed by atoms with van der Waals surface area (Å²) in [6.45, 7) is 1.93. The zero-order valence-corrected chi connectivity index (χ0v) is 10.9. The minimum absolute atomic E-state index is 0.0795. The van der Waals surface area contributed by atoms with Gasteiger partial charge in [0, 0.05) is 5.56 Å². The zero-order chi connectivity index (χ0) is 14.7. The van der Waals surface area contributed by atoms with Crippen molar-refractivity contribution >= 4 is 23.3 Å². The number of nitrogen functional groups attached to an aromatic ring is 1. The molecule has 2 aromatic rings. The number of hydrogen-bond donors (Lipinski definition) is 3. The first-order valence-corrected chi connectivity index (χ1v) is 5.98. The van der Waals surface area contributed by atoms with Crippen LogP contribution in [0.15, 0.2) is 42.5 Å². The van der Waals surface area contributed by atoms with Gasteiger partial charge in [0.25, 0.3) is 5.91 Å². The first kappa shape index (κ1) is 13.6. The first-order valence-electron chi connectivity index (χ1n) is 5.98. The number of carboxylic acid groups (broad SMARTS) is 1. The molecule has 0 heterocycles. The van der Waals surface area contributed by atoms with Gasteiger partial charge in [-0.2, -0.15) is 0 Å². The zero-order valence-electron chi connectivity index (χ0n) is 10.9. The molecular weight excluding hydrogens is 256 g/mol. The van der Waals surface area contributed by atoms with Gasteiger partial charge in [0.2, 0.25) is 0 Å². The third-order valence-electron chi connectivity index (χ3n) is 2.86. The van der Waals surface area contributed by atoms with Crippen LogP contribution in [0.4, 0.5) is 11.4 Å². The lowest BCUT2D eigenvalue weighted by atomic mass is 10.1. The number of aromatic carboxylic acids is 1. The minimum atomic E-state index is -1.06. The molecule has 0 aromatic heterocycles. The molecule has 0 spiro atoms. The maximum atomic E-state index is 12.0. The summed E-state index contributed by atoms with van der Waals surface area (Å²) in [7, 11) is 0. The van der Waals surface area contributed by atoms with E-state index in [9.17, 15) is 9.59 Å². The van der Waals surface area contributed by atoms with Crippen molar-refractivity contribution in [3.05, 3.63) is 59.2 Å². The van der Waals surface area contributed by atoms with Crippen molar-refractivity contribution in [2.24, 2.45) is 0 Å². The Morgan fingerprint density at radius 1 is 1.05 bits per heavy atom. The SMILES string of the molecule is Cc1ccc(C(=O)Nc2ccc(C(=O)O)cc2N)cc1. The summed E-state index contributed by atoms with van der Waals surface area (Å²) in [6.07, 6.45) is 0. The fourth-order valence-corrected chi connectivity index (χ4v) is 1.71. The molecular formula is C15H14N2O3. The summed E-state index contributed by atoms with van der Waals surface area (Å²) in [6, 6.07) is 11.3. The standard InChI is InChI=1S/C15H14N2O3/c1-9-2-4-10(5-3-9)14(18)17-13-7-6-11(15(19)20)8-12(13)16/h2-8H,16H2,1H3,(H,17,18)(H,19,20). The number of nitrogens with two attached hydrogens (primary N) is 1. The average Bonchev–Trinajstić information content (AvgIpc) is 2.41. The lowest BCUT2D eigenvalue weighted by molar-refractivity contribution is 0.0697. The van der Waals surface area contributed by atoms with Crippen molar-refractivity contribution in [3.8, 4) is 0 Å². The summed E-state index contributed by atoms with van der Waals surface area (Å²) in [5.74, 6) is -1.35. The predicted molar refractivity (Wildman–Crippen MR) is 76.9 cm³/mol. The van der Waals surface area contributed by atoms with Gasteiger partial charge in [0.05, 0.1) is 16.9 Å². The molecule has 4 N–H and O–H groups in total. The third-order valence-corrected chi connectivity index (χ3v) is 2.86. The molecule has 0 radical (unpaired) electrons. The van der Waals surface area contributed by atoms with Crippen LogP contribution in [0, 0.1) is 6.92 Å². The molecule has 102 valence electrons. The van der Waals surface area contributed by atoms with Crippen LogP contribution in [0.5, 0.6) is 0 Å². The predicted octanol–water partition coefficient (Wildman–Crippen LogP) is 2.53. The molecule has 0 atom stereocenters. The third kappa shape index (κ3) is 2.95. The van der Waals surface area contributed by atoms with Crippen molar-refractivity contribution in [2.75, 3.05) is 11.1 Å². The van der Waals surface area contributed by atoms with Gasteiger partial charge >= 0.3 is 5.97 Å². The van der Waals surface area contributed by atoms with Crippen LogP contribution >= 0.6 is 0 Å². The second-order valence-electron chi connectivity index (χ2n) is 4.43. The number of rotatable bonds is 3. The molecule has 0 fully saturated rings. The molecule has 0 aliphatic carbocycles. The molecule has 0 bridgehead atoms. The number of carboxylic acids is 1. The molecule has 2 rings (SSSR count). The summed E-state index contributed by atoms with van der Waals surface area (Å²) < 4.78 is 0. The number of carbonyl (C=O) groups is 2. The van der Waals surface area contributed by atoms with E-state index in [2.05, 4.69) is 5.32 Å². The van der Waals surface area contributed by atoms with Gasteiger partial charge < -0.3 is 16.2 Å². The van der Waals surface area contributed by atoms with Gasteiger partial charge in [-0.3, -0.25) is 4.79 Å². The number of carbonyl (C=O) groups excluding carboxylic acids is 1. The van der Waals surface area contributed by atoms with Crippen LogP contribution in [0.1, 0.15) is 26.3 Å². The number of aryl methyl sites for hydroxylation is 1. The summed E-state index contributed by atoms with van der Waals surface area (Å²) in [5, 5.41) is 11.5. The Kier molecular flexibility index (Phi) is 3.70. The van der Waals surface area contributed by atoms with E-state index in [0.717, 1.165) is 5.56 Å². The Morgan fingerprint density at radius 3 is 2.20 bits per heavy atom. The van der Waals surface area contributed by atoms with E-state index < -0.39 is 5.97 Å². The first-order chi connectivity index (χ1) is 9.47. The highest BCUT2D eigenvalue weighted by Crippen LogP contribution is 2.20. The Hall–Kier alpha value is -2.82. The number of benzene rings is 2. The van der Waals surface area contributed by atoms with Crippen LogP contribution in [-0.2, 0) is 0 Å². The second-order valence-corrected chi connectivity index (χ2v) is 4.43.